The number of aromatic nitrogens is 1. The van der Waals surface area contributed by atoms with Gasteiger partial charge in [-0.25, -0.2) is 4.98 Å². The first-order valence-corrected chi connectivity index (χ1v) is 7.46. The highest BCUT2D eigenvalue weighted by Gasteiger charge is 2.22. The summed E-state index contributed by atoms with van der Waals surface area (Å²) >= 11 is 1.28. The van der Waals surface area contributed by atoms with E-state index in [-0.39, 0.29) is 11.8 Å². The molecule has 0 bridgehead atoms. The van der Waals surface area contributed by atoms with Crippen LogP contribution in [0.4, 0.5) is 5.13 Å². The van der Waals surface area contributed by atoms with Gasteiger partial charge in [0.05, 0.1) is 0 Å². The molecule has 2 N–H and O–H groups in total. The second kappa shape index (κ2) is 6.14. The predicted molar refractivity (Wildman–Crippen MR) is 75.3 cm³/mol. The van der Waals surface area contributed by atoms with Crippen molar-refractivity contribution in [1.29, 1.82) is 0 Å². The van der Waals surface area contributed by atoms with Crippen molar-refractivity contribution in [3.8, 4) is 0 Å². The van der Waals surface area contributed by atoms with Crippen LogP contribution in [0.25, 0.3) is 0 Å². The normalized spacial score (nSPS) is 14.5. The Bertz CT molecular complexity index is 466. The molecule has 1 aliphatic carbocycles. The molecular weight excluding hydrogens is 262 g/mol. The number of anilines is 1. The first-order valence-electron chi connectivity index (χ1n) is 6.58. The van der Waals surface area contributed by atoms with Gasteiger partial charge in [-0.2, -0.15) is 0 Å². The molecule has 0 aliphatic heterocycles. The summed E-state index contributed by atoms with van der Waals surface area (Å²) in [5.41, 5.74) is 0.380. The summed E-state index contributed by atoms with van der Waals surface area (Å²) in [7, 11) is 0. The van der Waals surface area contributed by atoms with E-state index in [0.717, 1.165) is 6.54 Å². The van der Waals surface area contributed by atoms with Crippen LogP contribution in [0.15, 0.2) is 5.38 Å². The number of hydrogen-bond donors (Lipinski definition) is 2. The molecule has 1 aromatic rings. The molecular formula is C13H19N3O2S. The number of carbonyl (C=O) groups excluding carboxylic acids is 2. The quantitative estimate of drug-likeness (QED) is 0.840. The minimum absolute atomic E-state index is 0.0608. The molecule has 5 nitrogen and oxygen atoms in total. The summed E-state index contributed by atoms with van der Waals surface area (Å²) in [4.78, 5) is 27.5. The average molecular weight is 281 g/mol. The van der Waals surface area contributed by atoms with Crippen molar-refractivity contribution in [3.05, 3.63) is 11.1 Å². The van der Waals surface area contributed by atoms with Crippen LogP contribution in [0.1, 0.15) is 43.6 Å². The van der Waals surface area contributed by atoms with Gasteiger partial charge in [-0.15, -0.1) is 11.3 Å². The van der Waals surface area contributed by atoms with Gasteiger partial charge in [0.15, 0.2) is 5.13 Å². The number of nitrogens with one attached hydrogen (secondary N) is 2. The van der Waals surface area contributed by atoms with Crippen LogP contribution in [0, 0.1) is 11.8 Å². The number of thiazole rings is 1. The maximum absolute atomic E-state index is 11.8. The van der Waals surface area contributed by atoms with Crippen molar-refractivity contribution in [2.45, 2.75) is 33.1 Å². The third-order valence-corrected chi connectivity index (χ3v) is 3.58. The maximum Gasteiger partial charge on any atom is 0.270 e. The van der Waals surface area contributed by atoms with Crippen molar-refractivity contribution < 1.29 is 9.59 Å². The fourth-order valence-corrected chi connectivity index (χ4v) is 2.33. The zero-order valence-corrected chi connectivity index (χ0v) is 12.0. The SMILES string of the molecule is CC(C)CC(=O)Nc1nc(C(=O)NCC2CC2)cs1. The fraction of sp³-hybridized carbons (Fsp3) is 0.615. The standard InChI is InChI=1S/C13H19N3O2S/c1-8(2)5-11(17)16-13-15-10(7-19-13)12(18)14-6-9-3-4-9/h7-9H,3-6H2,1-2H3,(H,14,18)(H,15,16,17). The second-order valence-corrected chi connectivity index (χ2v) is 6.20. The molecule has 0 unspecified atom stereocenters. The van der Waals surface area contributed by atoms with E-state index in [1.807, 2.05) is 13.8 Å². The Morgan fingerprint density at radius 3 is 2.84 bits per heavy atom. The summed E-state index contributed by atoms with van der Waals surface area (Å²) in [5.74, 6) is 0.732. The lowest BCUT2D eigenvalue weighted by Crippen LogP contribution is -2.25. The molecule has 104 valence electrons. The highest BCUT2D eigenvalue weighted by molar-refractivity contribution is 7.14. The Morgan fingerprint density at radius 1 is 1.47 bits per heavy atom. The third-order valence-electron chi connectivity index (χ3n) is 2.83. The molecule has 1 heterocycles. The van der Waals surface area contributed by atoms with Crippen LogP contribution in [-0.4, -0.2) is 23.3 Å². The Balaban J connectivity index is 1.83. The van der Waals surface area contributed by atoms with Gasteiger partial charge in [0.1, 0.15) is 5.69 Å². The van der Waals surface area contributed by atoms with Crippen LogP contribution >= 0.6 is 11.3 Å². The van der Waals surface area contributed by atoms with Crippen LogP contribution in [0.2, 0.25) is 0 Å². The van der Waals surface area contributed by atoms with Gasteiger partial charge in [-0.1, -0.05) is 13.8 Å². The van der Waals surface area contributed by atoms with Gasteiger partial charge in [0.25, 0.3) is 5.91 Å². The second-order valence-electron chi connectivity index (χ2n) is 5.34. The summed E-state index contributed by atoms with van der Waals surface area (Å²) in [6.45, 7) is 4.70. The summed E-state index contributed by atoms with van der Waals surface area (Å²) < 4.78 is 0. The molecule has 2 amide bonds. The average Bonchev–Trinajstić information content (AvgIpc) is 3.04. The molecule has 6 heteroatoms. The molecule has 19 heavy (non-hydrogen) atoms. The van der Waals surface area contributed by atoms with E-state index in [1.165, 1.54) is 24.2 Å². The van der Waals surface area contributed by atoms with E-state index in [2.05, 4.69) is 15.6 Å². The third kappa shape index (κ3) is 4.63. The topological polar surface area (TPSA) is 71.1 Å². The lowest BCUT2D eigenvalue weighted by molar-refractivity contribution is -0.116. The highest BCUT2D eigenvalue weighted by Crippen LogP contribution is 2.27. The van der Waals surface area contributed by atoms with E-state index < -0.39 is 0 Å². The molecule has 1 aromatic heterocycles. The number of hydrogen-bond acceptors (Lipinski definition) is 4. The smallest absolute Gasteiger partial charge is 0.270 e. The Labute approximate surface area is 116 Å². The van der Waals surface area contributed by atoms with E-state index >= 15 is 0 Å². The predicted octanol–water partition coefficient (Wildman–Crippen LogP) is 2.27. The minimum atomic E-state index is -0.160. The van der Waals surface area contributed by atoms with Gasteiger partial charge in [-0.3, -0.25) is 9.59 Å². The van der Waals surface area contributed by atoms with Crippen LogP contribution in [0.5, 0.6) is 0 Å². The van der Waals surface area contributed by atoms with Gasteiger partial charge >= 0.3 is 0 Å². The van der Waals surface area contributed by atoms with E-state index in [4.69, 9.17) is 0 Å². The molecule has 0 spiro atoms. The zero-order valence-electron chi connectivity index (χ0n) is 11.2. The number of rotatable bonds is 6. The lowest BCUT2D eigenvalue weighted by Gasteiger charge is -2.03. The molecule has 0 radical (unpaired) electrons. The number of amides is 2. The van der Waals surface area contributed by atoms with Crippen molar-refractivity contribution in [3.63, 3.8) is 0 Å². The Kier molecular flexibility index (Phi) is 4.52. The van der Waals surface area contributed by atoms with Gasteiger partial charge in [0, 0.05) is 18.3 Å². The van der Waals surface area contributed by atoms with Crippen molar-refractivity contribution in [2.24, 2.45) is 11.8 Å². The zero-order chi connectivity index (χ0) is 13.8. The summed E-state index contributed by atoms with van der Waals surface area (Å²) in [6.07, 6.45) is 2.87. The molecule has 1 fully saturated rings. The molecule has 0 atom stereocenters. The van der Waals surface area contributed by atoms with Gasteiger partial charge in [-0.05, 0) is 24.7 Å². The Morgan fingerprint density at radius 2 is 2.21 bits per heavy atom. The van der Waals surface area contributed by atoms with Crippen LogP contribution in [0.3, 0.4) is 0 Å². The summed E-state index contributed by atoms with van der Waals surface area (Å²) in [5, 5.41) is 7.73. The number of nitrogens with zero attached hydrogens (tertiary/aromatic N) is 1. The van der Waals surface area contributed by atoms with E-state index in [0.29, 0.717) is 29.1 Å². The first kappa shape index (κ1) is 14.0. The van der Waals surface area contributed by atoms with Crippen molar-refractivity contribution in [2.75, 3.05) is 11.9 Å². The molecule has 1 aliphatic rings. The minimum Gasteiger partial charge on any atom is -0.350 e. The Hall–Kier alpha value is -1.43. The molecule has 0 saturated heterocycles. The van der Waals surface area contributed by atoms with Crippen LogP contribution in [-0.2, 0) is 4.79 Å². The first-order chi connectivity index (χ1) is 9.04. The maximum atomic E-state index is 11.8. The van der Waals surface area contributed by atoms with Gasteiger partial charge < -0.3 is 10.6 Å². The fourth-order valence-electron chi connectivity index (χ4n) is 1.63. The molecule has 0 aromatic carbocycles. The molecule has 1 saturated carbocycles. The largest absolute Gasteiger partial charge is 0.350 e. The van der Waals surface area contributed by atoms with Gasteiger partial charge in [0.2, 0.25) is 5.91 Å². The lowest BCUT2D eigenvalue weighted by atomic mass is 10.1. The van der Waals surface area contributed by atoms with Crippen molar-refractivity contribution in [1.82, 2.24) is 10.3 Å². The highest BCUT2D eigenvalue weighted by atomic mass is 32.1. The van der Waals surface area contributed by atoms with E-state index in [1.54, 1.807) is 5.38 Å². The molecule has 2 rings (SSSR count). The van der Waals surface area contributed by atoms with Crippen LogP contribution < -0.4 is 10.6 Å². The monoisotopic (exact) mass is 281 g/mol. The van der Waals surface area contributed by atoms with E-state index in [9.17, 15) is 9.59 Å². The number of carbonyl (C=O) groups is 2. The van der Waals surface area contributed by atoms with Crippen molar-refractivity contribution >= 4 is 28.3 Å². The summed E-state index contributed by atoms with van der Waals surface area (Å²) in [6, 6.07) is 0.